The minimum atomic E-state index is 0. The molecule has 0 aromatic carbocycles. The zero-order valence-corrected chi connectivity index (χ0v) is 5.76. The molecule has 1 atom stereocenters. The van der Waals surface area contributed by atoms with Gasteiger partial charge in [-0.1, -0.05) is 12.2 Å². The van der Waals surface area contributed by atoms with Crippen LogP contribution in [0.1, 0.15) is 12.8 Å². The van der Waals surface area contributed by atoms with Crippen molar-refractivity contribution in [2.45, 2.75) is 12.8 Å². The van der Waals surface area contributed by atoms with Crippen LogP contribution in [-0.4, -0.2) is 0 Å². The van der Waals surface area contributed by atoms with Crippen LogP contribution < -0.4 is 24.0 Å². The molecule has 0 aromatic heterocycles. The number of hydrogen-bond acceptors (Lipinski definition) is 1. The zero-order valence-electron chi connectivity index (χ0n) is 5.76. The van der Waals surface area contributed by atoms with Gasteiger partial charge >= 0.3 is 18.9 Å². The summed E-state index contributed by atoms with van der Waals surface area (Å²) >= 11 is 0. The third-order valence-electron chi connectivity index (χ3n) is 1.43. The maximum atomic E-state index is 10.5. The first-order chi connectivity index (χ1) is 3.83. The third-order valence-corrected chi connectivity index (χ3v) is 1.43. The summed E-state index contributed by atoms with van der Waals surface area (Å²) < 4.78 is 0. The largest absolute Gasteiger partial charge is 1.00 e. The first kappa shape index (κ1) is 8.88. The molecule has 1 unspecified atom stereocenters. The molecule has 1 aliphatic carbocycles. The molecule has 1 aliphatic rings. The van der Waals surface area contributed by atoms with Crippen molar-refractivity contribution in [1.29, 1.82) is 0 Å². The fourth-order valence-electron chi connectivity index (χ4n) is 0.900. The van der Waals surface area contributed by atoms with Crippen molar-refractivity contribution in [2.24, 2.45) is 5.92 Å². The van der Waals surface area contributed by atoms with Crippen molar-refractivity contribution < 1.29 is 24.0 Å². The molecular formula is C7H9LiO. The Bertz CT molecular complexity index is 129. The minimum absolute atomic E-state index is 0. The molecule has 0 aromatic rings. The molecule has 44 valence electrons. The summed E-state index contributed by atoms with van der Waals surface area (Å²) in [6.45, 7) is 3.59. The Morgan fingerprint density at radius 3 is 2.67 bits per heavy atom. The molecular weight excluding hydrogens is 107 g/mol. The van der Waals surface area contributed by atoms with Crippen LogP contribution in [0.15, 0.2) is 24.5 Å². The van der Waals surface area contributed by atoms with E-state index in [1.165, 1.54) is 0 Å². The summed E-state index contributed by atoms with van der Waals surface area (Å²) in [6, 6.07) is 0. The molecule has 0 spiro atoms. The predicted molar refractivity (Wildman–Crippen MR) is 31.0 cm³/mol. The first-order valence-electron chi connectivity index (χ1n) is 2.83. The van der Waals surface area contributed by atoms with Crippen LogP contribution in [0.2, 0.25) is 0 Å². The van der Waals surface area contributed by atoms with Gasteiger partial charge in [0.1, 0.15) is 0 Å². The second-order valence-corrected chi connectivity index (χ2v) is 2.07. The van der Waals surface area contributed by atoms with E-state index < -0.39 is 0 Å². The Balaban J connectivity index is 0.000000640. The SMILES string of the molecule is C=CC1C=C([O-])CC1.[Li+]. The second kappa shape index (κ2) is 3.82. The van der Waals surface area contributed by atoms with Crippen LogP contribution in [0.25, 0.3) is 0 Å². The van der Waals surface area contributed by atoms with Gasteiger partial charge in [-0.2, -0.15) is 0 Å². The Labute approximate surface area is 67.6 Å². The van der Waals surface area contributed by atoms with Gasteiger partial charge < -0.3 is 5.11 Å². The van der Waals surface area contributed by atoms with Crippen molar-refractivity contribution in [2.75, 3.05) is 0 Å². The molecule has 0 saturated carbocycles. The van der Waals surface area contributed by atoms with Crippen molar-refractivity contribution in [3.8, 4) is 0 Å². The maximum Gasteiger partial charge on any atom is 1.00 e. The maximum absolute atomic E-state index is 10.5. The van der Waals surface area contributed by atoms with E-state index in [0.717, 1.165) is 12.8 Å². The Morgan fingerprint density at radius 1 is 1.78 bits per heavy atom. The van der Waals surface area contributed by atoms with Gasteiger partial charge in [0.25, 0.3) is 0 Å². The Morgan fingerprint density at radius 2 is 2.44 bits per heavy atom. The molecule has 0 bridgehead atoms. The molecule has 0 heterocycles. The molecule has 0 aliphatic heterocycles. The third kappa shape index (κ3) is 2.30. The monoisotopic (exact) mass is 116 g/mol. The van der Waals surface area contributed by atoms with E-state index >= 15 is 0 Å². The van der Waals surface area contributed by atoms with Gasteiger partial charge in [0, 0.05) is 0 Å². The summed E-state index contributed by atoms with van der Waals surface area (Å²) in [5, 5.41) is 10.5. The van der Waals surface area contributed by atoms with Crippen molar-refractivity contribution in [1.82, 2.24) is 0 Å². The van der Waals surface area contributed by atoms with Gasteiger partial charge in [0.15, 0.2) is 0 Å². The van der Waals surface area contributed by atoms with Crippen LogP contribution >= 0.6 is 0 Å². The smallest absolute Gasteiger partial charge is 0.876 e. The van der Waals surface area contributed by atoms with Crippen LogP contribution in [-0.2, 0) is 0 Å². The molecule has 9 heavy (non-hydrogen) atoms. The number of allylic oxidation sites excluding steroid dienone is 3. The number of hydrogen-bond donors (Lipinski definition) is 0. The van der Waals surface area contributed by atoms with E-state index in [1.807, 2.05) is 6.08 Å². The van der Waals surface area contributed by atoms with Crippen LogP contribution in [0, 0.1) is 5.92 Å². The fraction of sp³-hybridized carbons (Fsp3) is 0.429. The summed E-state index contributed by atoms with van der Waals surface area (Å²) in [7, 11) is 0. The first-order valence-corrected chi connectivity index (χ1v) is 2.83. The fourth-order valence-corrected chi connectivity index (χ4v) is 0.900. The van der Waals surface area contributed by atoms with Gasteiger partial charge in [-0.3, -0.25) is 0 Å². The zero-order chi connectivity index (χ0) is 5.98. The topological polar surface area (TPSA) is 23.1 Å². The van der Waals surface area contributed by atoms with E-state index in [2.05, 4.69) is 6.58 Å². The Hall–Kier alpha value is -0.123. The Kier molecular flexibility index (Phi) is 3.77. The quantitative estimate of drug-likeness (QED) is 0.282. The molecule has 0 radical (unpaired) electrons. The average Bonchev–Trinajstić information content (AvgIpc) is 2.14. The summed E-state index contributed by atoms with van der Waals surface area (Å²) in [5.74, 6) is 0.636. The standard InChI is InChI=1S/C7H10O.Li/c1-2-6-3-4-7(8)5-6;/h2,5-6,8H,1,3-4H2;/q;+1/p-1. The molecule has 2 heteroatoms. The van der Waals surface area contributed by atoms with Gasteiger partial charge in [-0.15, -0.1) is 12.3 Å². The van der Waals surface area contributed by atoms with E-state index in [0.29, 0.717) is 5.92 Å². The van der Waals surface area contributed by atoms with Crippen LogP contribution in [0.4, 0.5) is 0 Å². The van der Waals surface area contributed by atoms with E-state index in [-0.39, 0.29) is 24.6 Å². The van der Waals surface area contributed by atoms with Crippen molar-refractivity contribution in [3.63, 3.8) is 0 Å². The van der Waals surface area contributed by atoms with Crippen LogP contribution in [0.3, 0.4) is 0 Å². The van der Waals surface area contributed by atoms with E-state index in [1.54, 1.807) is 6.08 Å². The molecule has 0 saturated heterocycles. The van der Waals surface area contributed by atoms with E-state index in [9.17, 15) is 5.11 Å². The van der Waals surface area contributed by atoms with E-state index in [4.69, 9.17) is 0 Å². The van der Waals surface area contributed by atoms with Crippen molar-refractivity contribution >= 4 is 0 Å². The molecule has 0 fully saturated rings. The molecule has 1 rings (SSSR count). The van der Waals surface area contributed by atoms with Gasteiger partial charge in [0.05, 0.1) is 0 Å². The summed E-state index contributed by atoms with van der Waals surface area (Å²) in [5.41, 5.74) is 0. The van der Waals surface area contributed by atoms with Crippen molar-refractivity contribution in [3.05, 3.63) is 24.5 Å². The summed E-state index contributed by atoms with van der Waals surface area (Å²) in [6.07, 6.45) is 5.26. The van der Waals surface area contributed by atoms with Gasteiger partial charge in [-0.05, 0) is 18.8 Å². The molecule has 0 N–H and O–H groups in total. The predicted octanol–water partition coefficient (Wildman–Crippen LogP) is -2.17. The normalized spacial score (nSPS) is 24.4. The van der Waals surface area contributed by atoms with Gasteiger partial charge in [0.2, 0.25) is 0 Å². The molecule has 1 nitrogen and oxygen atoms in total. The number of rotatable bonds is 1. The van der Waals surface area contributed by atoms with Crippen LogP contribution in [0.5, 0.6) is 0 Å². The average molecular weight is 116 g/mol. The molecule has 0 amide bonds. The van der Waals surface area contributed by atoms with Gasteiger partial charge in [-0.25, -0.2) is 0 Å². The second-order valence-electron chi connectivity index (χ2n) is 2.07. The summed E-state index contributed by atoms with van der Waals surface area (Å²) in [4.78, 5) is 0. The minimum Gasteiger partial charge on any atom is -0.876 e.